The Kier molecular flexibility index (Phi) is 11.5. The van der Waals surface area contributed by atoms with Crippen LogP contribution < -0.4 is 16.0 Å². The summed E-state index contributed by atoms with van der Waals surface area (Å²) in [6.07, 6.45) is 4.76. The topological polar surface area (TPSA) is 184 Å². The predicted octanol–water partition coefficient (Wildman–Crippen LogP) is 4.55. The van der Waals surface area contributed by atoms with Crippen LogP contribution in [0, 0.1) is 11.7 Å². The van der Waals surface area contributed by atoms with Gasteiger partial charge in [0.2, 0.25) is 17.7 Å². The average Bonchev–Trinajstić information content (AvgIpc) is 3.42. The molecule has 0 unspecified atom stereocenters. The van der Waals surface area contributed by atoms with Gasteiger partial charge in [0.25, 0.3) is 0 Å². The molecule has 6 rings (SSSR count). The molecule has 55 heavy (non-hydrogen) atoms. The molecule has 15 heteroatoms. The summed E-state index contributed by atoms with van der Waals surface area (Å²) in [6.45, 7) is 5.12. The molecule has 0 radical (unpaired) electrons. The van der Waals surface area contributed by atoms with Crippen LogP contribution in [0.4, 0.5) is 14.0 Å². The van der Waals surface area contributed by atoms with Crippen LogP contribution in [-0.2, 0) is 43.5 Å². The summed E-state index contributed by atoms with van der Waals surface area (Å²) in [5.41, 5.74) is -0.488. The van der Waals surface area contributed by atoms with Gasteiger partial charge in [-0.05, 0) is 75.8 Å². The summed E-state index contributed by atoms with van der Waals surface area (Å²) < 4.78 is 25.8. The van der Waals surface area contributed by atoms with Crippen LogP contribution >= 0.6 is 0 Å². The van der Waals surface area contributed by atoms with Crippen molar-refractivity contribution in [2.24, 2.45) is 5.92 Å². The smallest absolute Gasteiger partial charge is 0.410 e. The Hall–Kier alpha value is -5.47. The Labute approximate surface area is 318 Å². The van der Waals surface area contributed by atoms with Gasteiger partial charge in [0, 0.05) is 31.0 Å². The van der Waals surface area contributed by atoms with Crippen molar-refractivity contribution in [1.29, 1.82) is 0 Å². The van der Waals surface area contributed by atoms with Crippen LogP contribution in [0.5, 0.6) is 0 Å². The Morgan fingerprint density at radius 3 is 2.58 bits per heavy atom. The fourth-order valence-corrected chi connectivity index (χ4v) is 7.50. The first kappa shape index (κ1) is 39.2. The molecule has 14 nitrogen and oxygen atoms in total. The number of carboxylic acid groups (broad SMARTS) is 1. The second-order valence-electron chi connectivity index (χ2n) is 15.7. The minimum Gasteiger partial charge on any atom is -0.478 e. The molecule has 5 atom stereocenters. The van der Waals surface area contributed by atoms with Crippen molar-refractivity contribution in [2.45, 2.75) is 115 Å². The number of aromatic carboxylic acids is 1. The molecule has 1 saturated carbocycles. The maximum Gasteiger partial charge on any atom is 0.410 e. The molecule has 2 fully saturated rings. The first-order valence-corrected chi connectivity index (χ1v) is 18.7. The zero-order valence-electron chi connectivity index (χ0n) is 31.3. The van der Waals surface area contributed by atoms with Crippen molar-refractivity contribution in [2.75, 3.05) is 6.54 Å². The molecule has 4 N–H and O–H groups in total. The van der Waals surface area contributed by atoms with E-state index >= 15 is 0 Å². The van der Waals surface area contributed by atoms with Gasteiger partial charge in [-0.2, -0.15) is 0 Å². The highest BCUT2D eigenvalue weighted by molar-refractivity contribution is 5.98. The second-order valence-corrected chi connectivity index (χ2v) is 15.7. The number of nitrogens with zero attached hydrogens (tertiary/aromatic N) is 2. The number of carboxylic acids is 1. The SMILES string of the molecule is CC(C)(C)OC(=O)N[C@H]1CCCCC/C=C\[C@H]2C[C@@]2(C(=O)NCc2cccc(C(=O)O)c2)NC(=O)[C@@H]2C[C@@H](OC(=O)N3Cc4cccc(F)c4C3)CN2C1=O. The van der Waals surface area contributed by atoms with E-state index in [4.69, 9.17) is 9.47 Å². The number of allylic oxidation sites excluding steroid dienone is 1. The van der Waals surface area contributed by atoms with E-state index in [9.17, 15) is 38.3 Å². The number of fused-ring (bicyclic) bond motifs is 3. The number of alkyl carbamates (subject to hydrolysis) is 1. The molecule has 0 aromatic heterocycles. The van der Waals surface area contributed by atoms with E-state index in [-0.39, 0.29) is 50.5 Å². The normalized spacial score (nSPS) is 25.9. The third-order valence-electron chi connectivity index (χ3n) is 10.4. The molecule has 2 aromatic carbocycles. The molecule has 2 aromatic rings. The molecule has 3 aliphatic heterocycles. The largest absolute Gasteiger partial charge is 0.478 e. The summed E-state index contributed by atoms with van der Waals surface area (Å²) in [7, 11) is 0. The van der Waals surface area contributed by atoms with Crippen LogP contribution in [0.15, 0.2) is 54.6 Å². The number of amides is 5. The average molecular weight is 762 g/mol. The molecular formula is C40H48FN5O9. The number of carbonyl (C=O) groups is 6. The molecule has 0 bridgehead atoms. The zero-order valence-corrected chi connectivity index (χ0v) is 31.3. The highest BCUT2D eigenvalue weighted by Gasteiger charge is 2.61. The molecule has 294 valence electrons. The van der Waals surface area contributed by atoms with Crippen molar-refractivity contribution in [3.63, 3.8) is 0 Å². The van der Waals surface area contributed by atoms with Crippen molar-refractivity contribution >= 4 is 35.9 Å². The Balaban J connectivity index is 1.24. The Morgan fingerprint density at radius 2 is 1.84 bits per heavy atom. The van der Waals surface area contributed by atoms with Gasteiger partial charge in [-0.3, -0.25) is 19.3 Å². The summed E-state index contributed by atoms with van der Waals surface area (Å²) in [4.78, 5) is 83.1. The van der Waals surface area contributed by atoms with Crippen molar-refractivity contribution < 1.29 is 47.7 Å². The number of halogens is 1. The summed E-state index contributed by atoms with van der Waals surface area (Å²) in [5, 5.41) is 17.9. The van der Waals surface area contributed by atoms with E-state index in [1.807, 2.05) is 12.2 Å². The lowest BCUT2D eigenvalue weighted by molar-refractivity contribution is -0.141. The van der Waals surface area contributed by atoms with Crippen LogP contribution in [0.1, 0.15) is 92.8 Å². The van der Waals surface area contributed by atoms with Crippen LogP contribution in [0.3, 0.4) is 0 Å². The molecule has 0 spiro atoms. The van der Waals surface area contributed by atoms with E-state index in [1.54, 1.807) is 45.0 Å². The Bertz CT molecular complexity index is 1880. The first-order chi connectivity index (χ1) is 26.1. The predicted molar refractivity (Wildman–Crippen MR) is 196 cm³/mol. The third kappa shape index (κ3) is 9.26. The maximum absolute atomic E-state index is 14.5. The standard InChI is InChI=1S/C40H48FN5O9/c1-39(2,3)55-37(52)43-31-16-8-6-4-5-7-14-27-19-40(27,36(51)42-20-24-11-9-12-25(17-24)35(49)50)44-33(47)32-18-28(22-46(32)34(31)48)54-38(53)45-21-26-13-10-15-30(41)29(26)23-45/h7,9-15,17,27-28,31-32H,4-6,8,16,18-23H2,1-3H3,(H,42,51)(H,43,52)(H,44,47)(H,49,50)/b14-7-/t27-,28+,31-,32-,40+/m0/s1. The first-order valence-electron chi connectivity index (χ1n) is 18.7. The number of hydrogen-bond donors (Lipinski definition) is 4. The van der Waals surface area contributed by atoms with Crippen LogP contribution in [0.25, 0.3) is 0 Å². The van der Waals surface area contributed by atoms with Gasteiger partial charge >= 0.3 is 18.2 Å². The molecule has 1 aliphatic carbocycles. The fraction of sp³-hybridized carbons (Fsp3) is 0.500. The van der Waals surface area contributed by atoms with Crippen molar-refractivity contribution in [1.82, 2.24) is 25.8 Å². The minimum atomic E-state index is -1.35. The van der Waals surface area contributed by atoms with Gasteiger partial charge in [0.15, 0.2) is 0 Å². The quantitative estimate of drug-likeness (QED) is 0.307. The highest BCUT2D eigenvalue weighted by atomic mass is 19.1. The van der Waals surface area contributed by atoms with Gasteiger partial charge in [0.05, 0.1) is 18.7 Å². The van der Waals surface area contributed by atoms with E-state index in [0.717, 1.165) is 12.8 Å². The maximum atomic E-state index is 14.5. The number of carbonyl (C=O) groups excluding carboxylic acids is 5. The number of hydrogen-bond acceptors (Lipinski definition) is 8. The number of ether oxygens (including phenoxy) is 2. The van der Waals surface area contributed by atoms with Gasteiger partial charge in [-0.25, -0.2) is 18.8 Å². The van der Waals surface area contributed by atoms with Crippen molar-refractivity contribution in [3.05, 3.63) is 82.7 Å². The van der Waals surface area contributed by atoms with E-state index in [2.05, 4.69) is 16.0 Å². The van der Waals surface area contributed by atoms with Gasteiger partial charge in [-0.15, -0.1) is 0 Å². The lowest BCUT2D eigenvalue weighted by atomic mass is 10.0. The lowest BCUT2D eigenvalue weighted by Crippen LogP contribution is -2.57. The number of nitrogens with one attached hydrogen (secondary N) is 3. The monoisotopic (exact) mass is 761 g/mol. The Morgan fingerprint density at radius 1 is 1.05 bits per heavy atom. The highest BCUT2D eigenvalue weighted by Crippen LogP contribution is 2.45. The van der Waals surface area contributed by atoms with Crippen molar-refractivity contribution in [3.8, 4) is 0 Å². The van der Waals surface area contributed by atoms with Gasteiger partial charge < -0.3 is 35.4 Å². The molecular weight excluding hydrogens is 713 g/mol. The lowest BCUT2D eigenvalue weighted by Gasteiger charge is -2.30. The third-order valence-corrected chi connectivity index (χ3v) is 10.4. The fourth-order valence-electron chi connectivity index (χ4n) is 7.50. The van der Waals surface area contributed by atoms with E-state index in [0.29, 0.717) is 36.0 Å². The molecule has 4 aliphatic rings. The van der Waals surface area contributed by atoms with Gasteiger partial charge in [0.1, 0.15) is 35.1 Å². The summed E-state index contributed by atoms with van der Waals surface area (Å²) >= 11 is 0. The van der Waals surface area contributed by atoms with Crippen LogP contribution in [0.2, 0.25) is 0 Å². The second kappa shape index (κ2) is 16.1. The van der Waals surface area contributed by atoms with Crippen LogP contribution in [-0.4, -0.2) is 86.7 Å². The minimum absolute atomic E-state index is 0.00907. The zero-order chi connectivity index (χ0) is 39.5. The van der Waals surface area contributed by atoms with E-state index in [1.165, 1.54) is 28.0 Å². The molecule has 1 saturated heterocycles. The van der Waals surface area contributed by atoms with Gasteiger partial charge in [-0.1, -0.05) is 49.3 Å². The molecule has 5 amide bonds. The number of rotatable bonds is 6. The summed E-state index contributed by atoms with van der Waals surface area (Å²) in [6, 6.07) is 8.58. The van der Waals surface area contributed by atoms with E-state index < -0.39 is 71.0 Å². The molecule has 3 heterocycles. The summed E-state index contributed by atoms with van der Waals surface area (Å²) in [5.74, 6) is -3.53. The number of benzene rings is 2.